The summed E-state index contributed by atoms with van der Waals surface area (Å²) in [5.41, 5.74) is 1.23. The molecule has 0 saturated heterocycles. The van der Waals surface area contributed by atoms with Crippen LogP contribution in [-0.4, -0.2) is 80.6 Å². The van der Waals surface area contributed by atoms with Gasteiger partial charge in [0.25, 0.3) is 5.91 Å². The summed E-state index contributed by atoms with van der Waals surface area (Å²) < 4.78 is 17.0. The van der Waals surface area contributed by atoms with E-state index in [1.54, 1.807) is 42.3 Å². The van der Waals surface area contributed by atoms with Crippen LogP contribution in [0.15, 0.2) is 42.5 Å². The average molecular weight is 583 g/mol. The van der Waals surface area contributed by atoms with Gasteiger partial charge in [-0.25, -0.2) is 0 Å². The number of likely N-dealkylation sites (N-methyl/N-ethyl adjacent to an activating group) is 1. The van der Waals surface area contributed by atoms with E-state index in [0.717, 1.165) is 5.56 Å². The molecule has 3 N–H and O–H groups in total. The second-order valence-corrected chi connectivity index (χ2v) is 10.5. The van der Waals surface area contributed by atoms with Gasteiger partial charge < -0.3 is 35.1 Å². The highest BCUT2D eigenvalue weighted by molar-refractivity contribution is 6.01. The number of amides is 4. The zero-order chi connectivity index (χ0) is 30.6. The number of para-hydroxylation sites is 1. The van der Waals surface area contributed by atoms with Gasteiger partial charge in [-0.3, -0.25) is 19.2 Å². The van der Waals surface area contributed by atoms with Crippen LogP contribution in [0.3, 0.4) is 0 Å². The number of rotatable bonds is 9. The van der Waals surface area contributed by atoms with Crippen molar-refractivity contribution in [2.75, 3.05) is 40.0 Å². The van der Waals surface area contributed by atoms with Gasteiger partial charge in [-0.05, 0) is 56.0 Å². The maximum Gasteiger partial charge on any atom is 0.255 e. The van der Waals surface area contributed by atoms with E-state index in [2.05, 4.69) is 16.0 Å². The van der Waals surface area contributed by atoms with Crippen molar-refractivity contribution >= 4 is 23.6 Å². The molecule has 3 rings (SSSR count). The Labute approximate surface area is 247 Å². The van der Waals surface area contributed by atoms with Crippen LogP contribution in [0.1, 0.15) is 49.5 Å². The molecule has 42 heavy (non-hydrogen) atoms. The Morgan fingerprint density at radius 2 is 1.88 bits per heavy atom. The molecule has 0 bridgehead atoms. The van der Waals surface area contributed by atoms with E-state index in [0.29, 0.717) is 30.2 Å². The molecule has 2 atom stereocenters. The van der Waals surface area contributed by atoms with E-state index < -0.39 is 29.8 Å². The van der Waals surface area contributed by atoms with E-state index in [1.807, 2.05) is 39.8 Å². The molecule has 2 aromatic carbocycles. The molecule has 1 heterocycles. The number of aryl methyl sites for hydroxylation is 1. The molecular formula is C31H42N4O7. The maximum absolute atomic E-state index is 13.4. The first-order chi connectivity index (χ1) is 20.1. The molecule has 4 amide bonds. The number of nitrogens with zero attached hydrogens (tertiary/aromatic N) is 1. The van der Waals surface area contributed by atoms with Crippen molar-refractivity contribution in [3.05, 3.63) is 53.6 Å². The molecule has 228 valence electrons. The number of nitrogens with one attached hydrogen (secondary N) is 3. The first-order valence-electron chi connectivity index (χ1n) is 14.3. The van der Waals surface area contributed by atoms with Gasteiger partial charge in [0.2, 0.25) is 17.7 Å². The fourth-order valence-corrected chi connectivity index (χ4v) is 4.62. The Balaban J connectivity index is 1.79. The smallest absolute Gasteiger partial charge is 0.255 e. The molecule has 0 aromatic heterocycles. The van der Waals surface area contributed by atoms with E-state index in [1.165, 1.54) is 0 Å². The summed E-state index contributed by atoms with van der Waals surface area (Å²) in [4.78, 5) is 54.7. The molecule has 0 unspecified atom stereocenters. The number of ether oxygens (including phenoxy) is 3. The quantitative estimate of drug-likeness (QED) is 0.387. The number of methoxy groups -OCH3 is 1. The number of carbonyl (C=O) groups excluding carboxylic acids is 4. The Kier molecular flexibility index (Phi) is 12.0. The number of hydrogen-bond acceptors (Lipinski definition) is 7. The summed E-state index contributed by atoms with van der Waals surface area (Å²) in [6.07, 6.45) is 0.0645. The minimum absolute atomic E-state index is 0.115. The van der Waals surface area contributed by atoms with Crippen LogP contribution in [0, 0.1) is 12.8 Å². The number of carbonyl (C=O) groups is 4. The van der Waals surface area contributed by atoms with Gasteiger partial charge in [0.15, 0.2) is 11.5 Å². The minimum Gasteiger partial charge on any atom is -0.493 e. The highest BCUT2D eigenvalue weighted by atomic mass is 16.5. The zero-order valence-corrected chi connectivity index (χ0v) is 25.0. The van der Waals surface area contributed by atoms with Crippen molar-refractivity contribution in [2.45, 2.75) is 52.6 Å². The molecular weight excluding hydrogens is 540 g/mol. The van der Waals surface area contributed by atoms with Crippen LogP contribution in [0.25, 0.3) is 0 Å². The topological polar surface area (TPSA) is 135 Å². The highest BCUT2D eigenvalue weighted by Crippen LogP contribution is 2.27. The standard InChI is InChI=1S/C31H42N4O7/c1-6-35-14-16-42-25-10-8-7-9-22(25)29(37)34-23(19-28(36)33-24(31(35)39)17-20(2)3)30(38)32-13-15-41-26-12-11-21(4)18-27(26)40-5/h7-12,18,20,23-24H,6,13-17,19H2,1-5H3,(H,32,38)(H,33,36)(H,34,37)/t23-,24-/m0/s1. The number of fused-ring (bicyclic) bond motifs is 1. The lowest BCUT2D eigenvalue weighted by molar-refractivity contribution is -0.137. The first kappa shape index (κ1) is 32.2. The molecule has 0 aliphatic carbocycles. The Morgan fingerprint density at radius 1 is 1.12 bits per heavy atom. The van der Waals surface area contributed by atoms with Gasteiger partial charge in [0.05, 0.1) is 32.2 Å². The van der Waals surface area contributed by atoms with Crippen LogP contribution >= 0.6 is 0 Å². The van der Waals surface area contributed by atoms with Gasteiger partial charge >= 0.3 is 0 Å². The van der Waals surface area contributed by atoms with E-state index in [-0.39, 0.29) is 50.1 Å². The molecule has 11 heteroatoms. The van der Waals surface area contributed by atoms with Crippen LogP contribution in [0.2, 0.25) is 0 Å². The monoisotopic (exact) mass is 582 g/mol. The molecule has 1 aliphatic rings. The largest absolute Gasteiger partial charge is 0.493 e. The van der Waals surface area contributed by atoms with E-state index in [4.69, 9.17) is 14.2 Å². The maximum atomic E-state index is 13.4. The molecule has 1 aliphatic heterocycles. The first-order valence-corrected chi connectivity index (χ1v) is 14.3. The van der Waals surface area contributed by atoms with Gasteiger partial charge in [-0.15, -0.1) is 0 Å². The van der Waals surface area contributed by atoms with Crippen LogP contribution in [-0.2, 0) is 14.4 Å². The second-order valence-electron chi connectivity index (χ2n) is 10.5. The fraction of sp³-hybridized carbons (Fsp3) is 0.484. The zero-order valence-electron chi connectivity index (χ0n) is 25.0. The van der Waals surface area contributed by atoms with Crippen molar-refractivity contribution in [3.63, 3.8) is 0 Å². The predicted octanol–water partition coefficient (Wildman–Crippen LogP) is 2.46. The summed E-state index contributed by atoms with van der Waals surface area (Å²) >= 11 is 0. The summed E-state index contributed by atoms with van der Waals surface area (Å²) in [5.74, 6) is -0.311. The van der Waals surface area contributed by atoms with Crippen molar-refractivity contribution in [1.82, 2.24) is 20.9 Å². The van der Waals surface area contributed by atoms with Crippen molar-refractivity contribution < 1.29 is 33.4 Å². The Bertz CT molecular complexity index is 1250. The Morgan fingerprint density at radius 3 is 2.60 bits per heavy atom. The summed E-state index contributed by atoms with van der Waals surface area (Å²) in [6.45, 7) is 8.84. The predicted molar refractivity (Wildman–Crippen MR) is 158 cm³/mol. The van der Waals surface area contributed by atoms with Crippen LogP contribution in [0.4, 0.5) is 0 Å². The lowest BCUT2D eigenvalue weighted by atomic mass is 10.0. The van der Waals surface area contributed by atoms with Gasteiger partial charge in [-0.1, -0.05) is 32.0 Å². The summed E-state index contributed by atoms with van der Waals surface area (Å²) in [6, 6.07) is 10.2. The third kappa shape index (κ3) is 9.12. The third-order valence-electron chi connectivity index (χ3n) is 6.77. The summed E-state index contributed by atoms with van der Waals surface area (Å²) in [7, 11) is 1.55. The van der Waals surface area contributed by atoms with Crippen molar-refractivity contribution in [3.8, 4) is 17.2 Å². The second kappa shape index (κ2) is 15.6. The minimum atomic E-state index is -1.21. The molecule has 0 spiro atoms. The van der Waals surface area contributed by atoms with Gasteiger partial charge in [0.1, 0.15) is 31.0 Å². The van der Waals surface area contributed by atoms with Crippen LogP contribution in [0.5, 0.6) is 17.2 Å². The number of hydrogen-bond donors (Lipinski definition) is 3. The van der Waals surface area contributed by atoms with Gasteiger partial charge in [-0.2, -0.15) is 0 Å². The SMILES string of the molecule is CCN1CCOc2ccccc2C(=O)N[C@H](C(=O)NCCOc2ccc(C)cc2OC)CC(=O)N[C@@H](CC(C)C)C1=O. The highest BCUT2D eigenvalue weighted by Gasteiger charge is 2.30. The lowest BCUT2D eigenvalue weighted by Gasteiger charge is -2.29. The average Bonchev–Trinajstić information content (AvgIpc) is 2.96. The van der Waals surface area contributed by atoms with E-state index >= 15 is 0 Å². The number of benzene rings is 2. The van der Waals surface area contributed by atoms with Crippen molar-refractivity contribution in [1.29, 1.82) is 0 Å². The van der Waals surface area contributed by atoms with Crippen LogP contribution < -0.4 is 30.2 Å². The van der Waals surface area contributed by atoms with Gasteiger partial charge in [0, 0.05) is 6.54 Å². The molecule has 11 nitrogen and oxygen atoms in total. The van der Waals surface area contributed by atoms with E-state index in [9.17, 15) is 19.2 Å². The molecule has 0 saturated carbocycles. The van der Waals surface area contributed by atoms with Crippen molar-refractivity contribution in [2.24, 2.45) is 5.92 Å². The molecule has 0 fully saturated rings. The lowest BCUT2D eigenvalue weighted by Crippen LogP contribution is -2.53. The molecule has 0 radical (unpaired) electrons. The summed E-state index contributed by atoms with van der Waals surface area (Å²) in [5, 5.41) is 8.21. The molecule has 2 aromatic rings. The normalized spacial score (nSPS) is 18.2. The Hall–Kier alpha value is -4.28. The fourth-order valence-electron chi connectivity index (χ4n) is 4.62. The third-order valence-corrected chi connectivity index (χ3v) is 6.77.